The zero-order valence-corrected chi connectivity index (χ0v) is 24.5. The van der Waals surface area contributed by atoms with Gasteiger partial charge in [0.25, 0.3) is 0 Å². The maximum atomic E-state index is 13.3. The molecule has 2 unspecified atom stereocenters. The van der Waals surface area contributed by atoms with Crippen molar-refractivity contribution in [2.24, 2.45) is 5.41 Å². The van der Waals surface area contributed by atoms with Crippen LogP contribution < -0.4 is 15.4 Å². The van der Waals surface area contributed by atoms with Gasteiger partial charge >= 0.3 is 0 Å². The number of nitrogens with one attached hydrogen (secondary N) is 1. The lowest BCUT2D eigenvalue weighted by atomic mass is 9.72. The van der Waals surface area contributed by atoms with E-state index in [1.165, 1.54) is 17.3 Å². The van der Waals surface area contributed by atoms with Gasteiger partial charge in [-0.1, -0.05) is 29.4 Å². The molecule has 1 aliphatic heterocycles. The van der Waals surface area contributed by atoms with E-state index in [4.69, 9.17) is 22.3 Å². The number of imidazole rings is 1. The Hall–Kier alpha value is -2.57. The van der Waals surface area contributed by atoms with Crippen LogP contribution in [-0.2, 0) is 24.2 Å². The van der Waals surface area contributed by atoms with Crippen molar-refractivity contribution in [1.29, 1.82) is 0 Å². The molecule has 0 saturated carbocycles. The van der Waals surface area contributed by atoms with E-state index >= 15 is 0 Å². The Bertz CT molecular complexity index is 1500. The number of hydrogen-bond acceptors (Lipinski definition) is 9. The molecule has 3 atom stereocenters. The molecular weight excluding hydrogens is 552 g/mol. The summed E-state index contributed by atoms with van der Waals surface area (Å²) in [5, 5.41) is 0.422. The molecule has 204 valence electrons. The molecule has 1 spiro atoms. The maximum Gasteiger partial charge on any atom is 0.211 e. The lowest BCUT2D eigenvalue weighted by molar-refractivity contribution is 0.178. The Balaban J connectivity index is 1.31. The summed E-state index contributed by atoms with van der Waals surface area (Å²) in [5.41, 5.74) is 9.11. The Labute approximate surface area is 240 Å². The first-order valence-corrected chi connectivity index (χ1v) is 15.2. The molecule has 4 aromatic rings. The molecule has 0 aromatic carbocycles. The number of fused-ring (bicyclic) bond motifs is 2. The number of nitrogen functional groups attached to an aromatic ring is 1. The number of hydrogen-bond donors (Lipinski definition) is 2. The predicted molar refractivity (Wildman–Crippen MR) is 156 cm³/mol. The smallest absolute Gasteiger partial charge is 0.211 e. The molecule has 9 nitrogen and oxygen atoms in total. The molecule has 1 aliphatic carbocycles. The van der Waals surface area contributed by atoms with E-state index in [2.05, 4.69) is 30.6 Å². The van der Waals surface area contributed by atoms with Gasteiger partial charge in [0.05, 0.1) is 16.0 Å². The molecule has 5 heterocycles. The molecule has 39 heavy (non-hydrogen) atoms. The second-order valence-corrected chi connectivity index (χ2v) is 14.7. The second kappa shape index (κ2) is 10.1. The number of rotatable bonds is 5. The van der Waals surface area contributed by atoms with E-state index in [1.807, 2.05) is 55.9 Å². The minimum Gasteiger partial charge on any atom is -0.598 e. The van der Waals surface area contributed by atoms with Crippen molar-refractivity contribution in [1.82, 2.24) is 29.1 Å². The monoisotopic (exact) mass is 582 g/mol. The third kappa shape index (κ3) is 4.95. The first kappa shape index (κ1) is 26.6. The van der Waals surface area contributed by atoms with Crippen molar-refractivity contribution in [2.75, 3.05) is 23.7 Å². The van der Waals surface area contributed by atoms with Crippen molar-refractivity contribution >= 4 is 52.1 Å². The largest absolute Gasteiger partial charge is 0.598 e. The first-order valence-electron chi connectivity index (χ1n) is 12.9. The summed E-state index contributed by atoms with van der Waals surface area (Å²) < 4.78 is 18.5. The Morgan fingerprint density at radius 2 is 1.97 bits per heavy atom. The number of nitrogens with zero attached hydrogens (tertiary/aromatic N) is 6. The Kier molecular flexibility index (Phi) is 6.91. The fraction of sp³-hybridized carbons (Fsp3) is 0.407. The minimum atomic E-state index is -1.21. The van der Waals surface area contributed by atoms with Gasteiger partial charge in [-0.25, -0.2) is 15.0 Å². The van der Waals surface area contributed by atoms with Gasteiger partial charge in [0, 0.05) is 71.4 Å². The standard InChI is InChI=1S/C27H31ClN8OS2/c1-26(2,3)39(37)34-21-16-35(11-7-27(21)13-17-5-4-8-30-18(17)14-27)25-33-15-20(24-32-10-12-36(24)25)38-19-6-9-31-23(29)22(19)28/h4-6,8-10,12,15,21,34H,7,11,13-14,16H2,1-3H3,(H2,29,31)/t21?,27?,39-/m1/s1. The number of piperidine rings is 1. The molecule has 2 aliphatic rings. The third-order valence-corrected chi connectivity index (χ3v) is 10.8. The van der Waals surface area contributed by atoms with Gasteiger partial charge in [-0.15, -0.1) is 4.72 Å². The van der Waals surface area contributed by atoms with Gasteiger partial charge in [0.2, 0.25) is 5.95 Å². The predicted octanol–water partition coefficient (Wildman–Crippen LogP) is 4.32. The van der Waals surface area contributed by atoms with Gasteiger partial charge in [0.1, 0.15) is 10.6 Å². The van der Waals surface area contributed by atoms with Crippen LogP contribution in [0.3, 0.4) is 0 Å². The summed E-state index contributed by atoms with van der Waals surface area (Å²) in [7, 11) is 0. The summed E-state index contributed by atoms with van der Waals surface area (Å²) in [6, 6.07) is 6.02. The van der Waals surface area contributed by atoms with Gasteiger partial charge in [-0.2, -0.15) is 0 Å². The van der Waals surface area contributed by atoms with Crippen LogP contribution in [0.2, 0.25) is 5.02 Å². The maximum absolute atomic E-state index is 13.3. The van der Waals surface area contributed by atoms with Crippen LogP contribution in [-0.4, -0.2) is 52.8 Å². The fourth-order valence-electron chi connectivity index (χ4n) is 5.50. The average molecular weight is 583 g/mol. The second-order valence-electron chi connectivity index (χ2n) is 11.2. The molecule has 12 heteroatoms. The van der Waals surface area contributed by atoms with Gasteiger partial charge in [-0.05, 0) is 57.7 Å². The normalized spacial score (nSPS) is 22.0. The lowest BCUT2D eigenvalue weighted by Crippen LogP contribution is -2.61. The Morgan fingerprint density at radius 3 is 2.77 bits per heavy atom. The molecule has 0 radical (unpaired) electrons. The van der Waals surface area contributed by atoms with Crippen LogP contribution in [0.4, 0.5) is 11.8 Å². The molecule has 1 fully saturated rings. The van der Waals surface area contributed by atoms with E-state index < -0.39 is 11.4 Å². The van der Waals surface area contributed by atoms with Gasteiger partial charge in [0.15, 0.2) is 5.65 Å². The molecule has 1 saturated heterocycles. The minimum absolute atomic E-state index is 0.00599. The third-order valence-electron chi connectivity index (χ3n) is 7.63. The van der Waals surface area contributed by atoms with Crippen molar-refractivity contribution in [3.8, 4) is 0 Å². The molecular formula is C27H31ClN8OS2. The van der Waals surface area contributed by atoms with Gasteiger partial charge < -0.3 is 15.2 Å². The highest BCUT2D eigenvalue weighted by Crippen LogP contribution is 2.45. The highest BCUT2D eigenvalue weighted by molar-refractivity contribution is 7.99. The van der Waals surface area contributed by atoms with E-state index in [0.717, 1.165) is 52.9 Å². The van der Waals surface area contributed by atoms with E-state index in [1.54, 1.807) is 12.4 Å². The van der Waals surface area contributed by atoms with Crippen molar-refractivity contribution < 1.29 is 4.55 Å². The Morgan fingerprint density at radius 1 is 1.13 bits per heavy atom. The molecule has 0 bridgehead atoms. The topological polar surface area (TPSA) is 120 Å². The summed E-state index contributed by atoms with van der Waals surface area (Å²) >= 11 is 6.65. The highest BCUT2D eigenvalue weighted by Gasteiger charge is 2.50. The summed E-state index contributed by atoms with van der Waals surface area (Å²) in [5.74, 6) is 1.10. The number of aromatic nitrogens is 5. The number of nitrogens with two attached hydrogens (primary N) is 1. The highest BCUT2D eigenvalue weighted by atomic mass is 35.5. The zero-order chi connectivity index (χ0) is 27.4. The molecule has 6 rings (SSSR count). The molecule has 0 amide bonds. The summed E-state index contributed by atoms with van der Waals surface area (Å²) in [4.78, 5) is 22.2. The average Bonchev–Trinajstić information content (AvgIpc) is 3.53. The molecule has 3 N–H and O–H groups in total. The lowest BCUT2D eigenvalue weighted by Gasteiger charge is -2.46. The summed E-state index contributed by atoms with van der Waals surface area (Å²) in [6.07, 6.45) is 11.8. The van der Waals surface area contributed by atoms with Crippen LogP contribution in [0, 0.1) is 5.41 Å². The van der Waals surface area contributed by atoms with Crippen LogP contribution in [0.25, 0.3) is 5.65 Å². The number of anilines is 2. The van der Waals surface area contributed by atoms with Crippen molar-refractivity contribution in [3.63, 3.8) is 0 Å². The van der Waals surface area contributed by atoms with E-state index in [-0.39, 0.29) is 16.2 Å². The van der Waals surface area contributed by atoms with E-state index in [0.29, 0.717) is 17.4 Å². The van der Waals surface area contributed by atoms with Crippen LogP contribution in [0.1, 0.15) is 38.4 Å². The number of pyridine rings is 2. The van der Waals surface area contributed by atoms with Gasteiger partial charge in [-0.3, -0.25) is 9.38 Å². The SMILES string of the molecule is CC(C)(C)[S@@+]([O-])NC1CN(c2ncc(Sc3ccnc(N)c3Cl)c3nccn23)CCC12Cc1cccnc1C2. The van der Waals surface area contributed by atoms with Crippen LogP contribution in [0.5, 0.6) is 0 Å². The first-order chi connectivity index (χ1) is 18.6. The zero-order valence-electron chi connectivity index (χ0n) is 22.1. The van der Waals surface area contributed by atoms with E-state index in [9.17, 15) is 4.55 Å². The fourth-order valence-corrected chi connectivity index (χ4v) is 7.58. The van der Waals surface area contributed by atoms with Crippen molar-refractivity contribution in [2.45, 2.75) is 60.6 Å². The number of halogens is 1. The summed E-state index contributed by atoms with van der Waals surface area (Å²) in [6.45, 7) is 7.51. The quantitative estimate of drug-likeness (QED) is 0.331. The van der Waals surface area contributed by atoms with Crippen LogP contribution in [0.15, 0.2) is 59.0 Å². The van der Waals surface area contributed by atoms with Crippen molar-refractivity contribution in [3.05, 3.63) is 65.5 Å². The van der Waals surface area contributed by atoms with Crippen LogP contribution >= 0.6 is 23.4 Å². The molecule has 4 aromatic heterocycles.